The van der Waals surface area contributed by atoms with Crippen molar-refractivity contribution >= 4 is 11.4 Å². The number of ether oxygens (including phenoxy) is 1. The Hall–Kier alpha value is -3.03. The summed E-state index contributed by atoms with van der Waals surface area (Å²) in [6.07, 6.45) is 0.460. The fourth-order valence-corrected chi connectivity index (χ4v) is 2.83. The molecule has 1 aromatic carbocycles. The summed E-state index contributed by atoms with van der Waals surface area (Å²) in [5.74, 6) is -0.439. The van der Waals surface area contributed by atoms with Crippen molar-refractivity contribution in [3.05, 3.63) is 54.4 Å². The van der Waals surface area contributed by atoms with E-state index in [1.807, 2.05) is 6.92 Å². The van der Waals surface area contributed by atoms with Crippen molar-refractivity contribution in [1.82, 2.24) is 14.9 Å². The molecule has 2 aromatic heterocycles. The van der Waals surface area contributed by atoms with Crippen LogP contribution in [0.1, 0.15) is 30.1 Å². The molecule has 0 bridgehead atoms. The number of benzene rings is 1. The van der Waals surface area contributed by atoms with E-state index in [0.717, 1.165) is 18.4 Å². The van der Waals surface area contributed by atoms with E-state index in [0.29, 0.717) is 16.6 Å². The SMILES string of the molecule is CC1(NC(=O)c2cnn3cc(-c4ccc(OC(F)(F)F)cc4)ccc23)CC1. The number of aromatic nitrogens is 2. The summed E-state index contributed by atoms with van der Waals surface area (Å²) < 4.78 is 42.2. The first-order valence-corrected chi connectivity index (χ1v) is 8.39. The zero-order valence-corrected chi connectivity index (χ0v) is 14.4. The lowest BCUT2D eigenvalue weighted by atomic mass is 10.1. The fourth-order valence-electron chi connectivity index (χ4n) is 2.83. The van der Waals surface area contributed by atoms with E-state index in [9.17, 15) is 18.0 Å². The molecule has 27 heavy (non-hydrogen) atoms. The Morgan fingerprint density at radius 3 is 2.44 bits per heavy atom. The predicted molar refractivity (Wildman–Crippen MR) is 92.4 cm³/mol. The maximum Gasteiger partial charge on any atom is 0.573 e. The standard InChI is InChI=1S/C19H16F3N3O2/c1-18(8-9-18)24-17(26)15-10-23-25-11-13(4-7-16(15)25)12-2-5-14(6-3-12)27-19(20,21)22/h2-7,10-11H,8-9H2,1H3,(H,24,26). The van der Waals surface area contributed by atoms with E-state index < -0.39 is 6.36 Å². The minimum Gasteiger partial charge on any atom is -0.406 e. The number of hydrogen-bond donors (Lipinski definition) is 1. The van der Waals surface area contributed by atoms with Gasteiger partial charge < -0.3 is 10.1 Å². The van der Waals surface area contributed by atoms with Crippen molar-refractivity contribution in [1.29, 1.82) is 0 Å². The molecule has 0 spiro atoms. The van der Waals surface area contributed by atoms with Crippen LogP contribution in [0.2, 0.25) is 0 Å². The molecule has 0 unspecified atom stereocenters. The van der Waals surface area contributed by atoms with E-state index in [1.54, 1.807) is 22.8 Å². The Labute approximate surface area is 152 Å². The van der Waals surface area contributed by atoms with Gasteiger partial charge in [-0.2, -0.15) is 5.10 Å². The number of hydrogen-bond acceptors (Lipinski definition) is 3. The Bertz CT molecular complexity index is 1010. The van der Waals surface area contributed by atoms with E-state index in [2.05, 4.69) is 15.2 Å². The van der Waals surface area contributed by atoms with Crippen LogP contribution in [0.5, 0.6) is 5.75 Å². The fraction of sp³-hybridized carbons (Fsp3) is 0.263. The Balaban J connectivity index is 1.58. The topological polar surface area (TPSA) is 55.6 Å². The molecule has 4 rings (SSSR count). The highest BCUT2D eigenvalue weighted by Crippen LogP contribution is 2.35. The van der Waals surface area contributed by atoms with Crippen molar-refractivity contribution in [2.75, 3.05) is 0 Å². The molecular weight excluding hydrogens is 359 g/mol. The zero-order chi connectivity index (χ0) is 19.2. The van der Waals surface area contributed by atoms with Gasteiger partial charge in [-0.25, -0.2) is 4.52 Å². The summed E-state index contributed by atoms with van der Waals surface area (Å²) in [4.78, 5) is 12.4. The molecule has 1 fully saturated rings. The molecule has 140 valence electrons. The maximum atomic E-state index is 12.4. The summed E-state index contributed by atoms with van der Waals surface area (Å²) in [5.41, 5.74) is 2.50. The Kier molecular flexibility index (Phi) is 3.87. The second-order valence-corrected chi connectivity index (χ2v) is 6.89. The van der Waals surface area contributed by atoms with Gasteiger partial charge in [-0.1, -0.05) is 18.2 Å². The summed E-state index contributed by atoms with van der Waals surface area (Å²) in [6, 6.07) is 9.15. The molecule has 1 N–H and O–H groups in total. The number of halogens is 3. The van der Waals surface area contributed by atoms with Crippen LogP contribution in [0, 0.1) is 0 Å². The molecular formula is C19H16F3N3O2. The average molecular weight is 375 g/mol. The first-order chi connectivity index (χ1) is 12.7. The van der Waals surface area contributed by atoms with Crippen LogP contribution in [0.15, 0.2) is 48.8 Å². The van der Waals surface area contributed by atoms with Gasteiger partial charge >= 0.3 is 6.36 Å². The highest BCUT2D eigenvalue weighted by Gasteiger charge is 2.39. The molecule has 0 aliphatic heterocycles. The van der Waals surface area contributed by atoms with E-state index in [1.165, 1.54) is 30.5 Å². The molecule has 3 aromatic rings. The number of alkyl halides is 3. The zero-order valence-electron chi connectivity index (χ0n) is 14.4. The van der Waals surface area contributed by atoms with Crippen molar-refractivity contribution in [3.63, 3.8) is 0 Å². The van der Waals surface area contributed by atoms with Gasteiger partial charge in [-0.15, -0.1) is 13.2 Å². The number of nitrogens with zero attached hydrogens (tertiary/aromatic N) is 2. The van der Waals surface area contributed by atoms with Crippen molar-refractivity contribution in [2.45, 2.75) is 31.7 Å². The molecule has 2 heterocycles. The molecule has 1 aliphatic carbocycles. The van der Waals surface area contributed by atoms with Crippen LogP contribution in [-0.2, 0) is 0 Å². The molecule has 0 saturated heterocycles. The molecule has 8 heteroatoms. The second kappa shape index (κ2) is 6.00. The van der Waals surface area contributed by atoms with Gasteiger partial charge in [0.25, 0.3) is 5.91 Å². The van der Waals surface area contributed by atoms with Crippen LogP contribution in [-0.4, -0.2) is 27.4 Å². The highest BCUT2D eigenvalue weighted by atomic mass is 19.4. The highest BCUT2D eigenvalue weighted by molar-refractivity contribution is 6.01. The van der Waals surface area contributed by atoms with Gasteiger partial charge in [-0.05, 0) is 43.5 Å². The third-order valence-electron chi connectivity index (χ3n) is 4.60. The van der Waals surface area contributed by atoms with Crippen molar-refractivity contribution in [3.8, 4) is 16.9 Å². The van der Waals surface area contributed by atoms with Gasteiger partial charge in [0.2, 0.25) is 0 Å². The van der Waals surface area contributed by atoms with Crippen LogP contribution < -0.4 is 10.1 Å². The van der Waals surface area contributed by atoms with E-state index in [-0.39, 0.29) is 17.2 Å². The largest absolute Gasteiger partial charge is 0.573 e. The molecule has 5 nitrogen and oxygen atoms in total. The summed E-state index contributed by atoms with van der Waals surface area (Å²) in [5, 5.41) is 7.22. The van der Waals surface area contributed by atoms with Crippen LogP contribution >= 0.6 is 0 Å². The first kappa shape index (κ1) is 17.4. The smallest absolute Gasteiger partial charge is 0.406 e. The summed E-state index contributed by atoms with van der Waals surface area (Å²) in [7, 11) is 0. The normalized spacial score (nSPS) is 15.6. The minimum atomic E-state index is -4.72. The third-order valence-corrected chi connectivity index (χ3v) is 4.60. The van der Waals surface area contributed by atoms with Crippen molar-refractivity contribution in [2.24, 2.45) is 0 Å². The van der Waals surface area contributed by atoms with Gasteiger partial charge in [0.05, 0.1) is 17.3 Å². The van der Waals surface area contributed by atoms with Gasteiger partial charge in [-0.3, -0.25) is 4.79 Å². The molecule has 1 amide bonds. The van der Waals surface area contributed by atoms with Crippen LogP contribution in [0.4, 0.5) is 13.2 Å². The molecule has 0 radical (unpaired) electrons. The summed E-state index contributed by atoms with van der Waals surface area (Å²) >= 11 is 0. The number of fused-ring (bicyclic) bond motifs is 1. The van der Waals surface area contributed by atoms with E-state index >= 15 is 0 Å². The van der Waals surface area contributed by atoms with Crippen molar-refractivity contribution < 1.29 is 22.7 Å². The summed E-state index contributed by atoms with van der Waals surface area (Å²) in [6.45, 7) is 2.00. The monoisotopic (exact) mass is 375 g/mol. The third kappa shape index (κ3) is 3.74. The number of pyridine rings is 1. The van der Waals surface area contributed by atoms with Crippen LogP contribution in [0.3, 0.4) is 0 Å². The number of rotatable bonds is 4. The Morgan fingerprint density at radius 2 is 1.81 bits per heavy atom. The second-order valence-electron chi connectivity index (χ2n) is 6.89. The lowest BCUT2D eigenvalue weighted by Gasteiger charge is -2.11. The van der Waals surface area contributed by atoms with Gasteiger partial charge in [0, 0.05) is 17.3 Å². The molecule has 0 atom stereocenters. The number of nitrogens with one attached hydrogen (secondary N) is 1. The Morgan fingerprint density at radius 1 is 1.15 bits per heavy atom. The predicted octanol–water partition coefficient (Wildman–Crippen LogP) is 4.18. The quantitative estimate of drug-likeness (QED) is 0.744. The van der Waals surface area contributed by atoms with Crippen LogP contribution in [0.25, 0.3) is 16.6 Å². The number of amides is 1. The van der Waals surface area contributed by atoms with Gasteiger partial charge in [0.15, 0.2) is 0 Å². The first-order valence-electron chi connectivity index (χ1n) is 8.39. The molecule has 1 saturated carbocycles. The molecule has 1 aliphatic rings. The van der Waals surface area contributed by atoms with E-state index in [4.69, 9.17) is 0 Å². The number of carbonyl (C=O) groups is 1. The lowest BCUT2D eigenvalue weighted by Crippen LogP contribution is -2.34. The maximum absolute atomic E-state index is 12.4. The van der Waals surface area contributed by atoms with Gasteiger partial charge in [0.1, 0.15) is 5.75 Å². The minimum absolute atomic E-state index is 0.120. The average Bonchev–Trinajstić information content (AvgIpc) is 3.17. The number of carbonyl (C=O) groups excluding carboxylic acids is 1. The lowest BCUT2D eigenvalue weighted by molar-refractivity contribution is -0.274.